The van der Waals surface area contributed by atoms with E-state index < -0.39 is 10.0 Å². The predicted molar refractivity (Wildman–Crippen MR) is 71.8 cm³/mol. The highest BCUT2D eigenvalue weighted by atomic mass is 35.5. The van der Waals surface area contributed by atoms with Gasteiger partial charge in [-0.05, 0) is 24.5 Å². The minimum atomic E-state index is -3.54. The van der Waals surface area contributed by atoms with Crippen LogP contribution in [0.2, 0.25) is 5.02 Å². The smallest absolute Gasteiger partial charge is 0.242 e. The van der Waals surface area contributed by atoms with Crippen LogP contribution in [0.25, 0.3) is 0 Å². The van der Waals surface area contributed by atoms with E-state index in [0.717, 1.165) is 12.2 Å². The quantitative estimate of drug-likeness (QED) is 0.774. The van der Waals surface area contributed by atoms with Gasteiger partial charge in [0.25, 0.3) is 0 Å². The van der Waals surface area contributed by atoms with Crippen molar-refractivity contribution in [1.29, 1.82) is 0 Å². The summed E-state index contributed by atoms with van der Waals surface area (Å²) in [5, 5.41) is 0.136. The summed E-state index contributed by atoms with van der Waals surface area (Å²) in [5.41, 5.74) is 5.41. The lowest BCUT2D eigenvalue weighted by atomic mass is 10.5. The fraction of sp³-hybridized carbons (Fsp3) is 0.444. The van der Waals surface area contributed by atoms with Crippen molar-refractivity contribution in [3.05, 3.63) is 17.3 Å². The lowest BCUT2D eigenvalue weighted by Crippen LogP contribution is -2.25. The number of nitrogens with two attached hydrogens (primary N) is 1. The van der Waals surface area contributed by atoms with Gasteiger partial charge in [-0.25, -0.2) is 18.1 Å². The SMILES string of the molecule is CSCCCNS(=O)(=O)c1cnc(N)c(Cl)c1. The van der Waals surface area contributed by atoms with Gasteiger partial charge in [-0.1, -0.05) is 11.6 Å². The second kappa shape index (κ2) is 6.44. The van der Waals surface area contributed by atoms with Crippen LogP contribution in [0.1, 0.15) is 6.42 Å². The van der Waals surface area contributed by atoms with Gasteiger partial charge in [0.2, 0.25) is 10.0 Å². The lowest BCUT2D eigenvalue weighted by molar-refractivity contribution is 0.580. The van der Waals surface area contributed by atoms with Crippen molar-refractivity contribution < 1.29 is 8.42 Å². The van der Waals surface area contributed by atoms with Gasteiger partial charge in [-0.3, -0.25) is 0 Å². The average molecular weight is 296 g/mol. The molecule has 0 amide bonds. The Labute approximate surface area is 110 Å². The van der Waals surface area contributed by atoms with E-state index >= 15 is 0 Å². The fourth-order valence-corrected chi connectivity index (χ4v) is 2.79. The van der Waals surface area contributed by atoms with Crippen molar-refractivity contribution in [2.24, 2.45) is 0 Å². The highest BCUT2D eigenvalue weighted by Gasteiger charge is 2.15. The van der Waals surface area contributed by atoms with Gasteiger partial charge in [0.1, 0.15) is 10.7 Å². The Bertz CT molecular complexity index is 479. The van der Waals surface area contributed by atoms with E-state index in [-0.39, 0.29) is 15.7 Å². The standard InChI is InChI=1S/C9H14ClN3O2S2/c1-16-4-2-3-13-17(14,15)7-5-8(10)9(11)12-6-7/h5-6,13H,2-4H2,1H3,(H2,11,12). The van der Waals surface area contributed by atoms with Crippen LogP contribution in [0.4, 0.5) is 5.82 Å². The van der Waals surface area contributed by atoms with Crippen molar-refractivity contribution in [2.45, 2.75) is 11.3 Å². The van der Waals surface area contributed by atoms with E-state index in [9.17, 15) is 8.42 Å². The molecule has 3 N–H and O–H groups in total. The van der Waals surface area contributed by atoms with E-state index in [4.69, 9.17) is 17.3 Å². The molecule has 0 saturated carbocycles. The predicted octanol–water partition coefficient (Wildman–Crippen LogP) is 1.35. The molecule has 0 bridgehead atoms. The summed E-state index contributed by atoms with van der Waals surface area (Å²) < 4.78 is 26.1. The molecule has 1 aromatic rings. The molecule has 96 valence electrons. The highest BCUT2D eigenvalue weighted by molar-refractivity contribution is 7.98. The number of hydrogen-bond donors (Lipinski definition) is 2. The topological polar surface area (TPSA) is 85.1 Å². The second-order valence-electron chi connectivity index (χ2n) is 3.28. The first-order chi connectivity index (χ1) is 7.97. The third-order valence-electron chi connectivity index (χ3n) is 1.97. The Kier molecular flexibility index (Phi) is 5.51. The normalized spacial score (nSPS) is 11.6. The number of anilines is 1. The molecule has 0 spiro atoms. The van der Waals surface area contributed by atoms with Gasteiger partial charge < -0.3 is 5.73 Å². The summed E-state index contributed by atoms with van der Waals surface area (Å²) in [4.78, 5) is 3.74. The van der Waals surface area contributed by atoms with Gasteiger partial charge in [-0.15, -0.1) is 0 Å². The summed E-state index contributed by atoms with van der Waals surface area (Å²) in [6.07, 6.45) is 3.94. The maximum Gasteiger partial charge on any atom is 0.242 e. The van der Waals surface area contributed by atoms with Gasteiger partial charge in [0, 0.05) is 12.7 Å². The Morgan fingerprint density at radius 3 is 2.88 bits per heavy atom. The Morgan fingerprint density at radius 2 is 2.29 bits per heavy atom. The van der Waals surface area contributed by atoms with Crippen LogP contribution in [0.3, 0.4) is 0 Å². The van der Waals surface area contributed by atoms with Crippen LogP contribution >= 0.6 is 23.4 Å². The summed E-state index contributed by atoms with van der Waals surface area (Å²) in [5.74, 6) is 1.02. The molecule has 0 aliphatic rings. The maximum atomic E-state index is 11.8. The minimum Gasteiger partial charge on any atom is -0.382 e. The molecule has 0 atom stereocenters. The van der Waals surface area contributed by atoms with E-state index in [1.807, 2.05) is 6.26 Å². The summed E-state index contributed by atoms with van der Waals surface area (Å²) in [7, 11) is -3.54. The van der Waals surface area contributed by atoms with Gasteiger partial charge in [-0.2, -0.15) is 11.8 Å². The van der Waals surface area contributed by atoms with E-state index in [0.29, 0.717) is 6.54 Å². The molecule has 0 unspecified atom stereocenters. The van der Waals surface area contributed by atoms with Crippen molar-refractivity contribution in [3.8, 4) is 0 Å². The number of thioether (sulfide) groups is 1. The molecular weight excluding hydrogens is 282 g/mol. The molecule has 0 saturated heterocycles. The summed E-state index contributed by atoms with van der Waals surface area (Å²) in [6, 6.07) is 1.29. The molecule has 1 rings (SSSR count). The summed E-state index contributed by atoms with van der Waals surface area (Å²) in [6.45, 7) is 0.394. The van der Waals surface area contributed by atoms with Crippen LogP contribution in [0, 0.1) is 0 Å². The Hall–Kier alpha value is -0.500. The average Bonchev–Trinajstić information content (AvgIpc) is 2.28. The number of halogens is 1. The van der Waals surface area contributed by atoms with Gasteiger partial charge >= 0.3 is 0 Å². The largest absolute Gasteiger partial charge is 0.382 e. The molecule has 8 heteroatoms. The molecular formula is C9H14ClN3O2S2. The first-order valence-corrected chi connectivity index (χ1v) is 8.12. The number of rotatable bonds is 6. The van der Waals surface area contributed by atoms with Crippen LogP contribution in [0.5, 0.6) is 0 Å². The van der Waals surface area contributed by atoms with Crippen molar-refractivity contribution in [3.63, 3.8) is 0 Å². The molecule has 1 aromatic heterocycles. The minimum absolute atomic E-state index is 0.0286. The van der Waals surface area contributed by atoms with Crippen LogP contribution in [-0.2, 0) is 10.0 Å². The lowest BCUT2D eigenvalue weighted by Gasteiger charge is -2.06. The number of pyridine rings is 1. The van der Waals surface area contributed by atoms with Gasteiger partial charge in [0.05, 0.1) is 5.02 Å². The number of hydrogen-bond acceptors (Lipinski definition) is 5. The van der Waals surface area contributed by atoms with Crippen molar-refractivity contribution in [2.75, 3.05) is 24.3 Å². The first kappa shape index (κ1) is 14.6. The number of sulfonamides is 1. The zero-order valence-corrected chi connectivity index (χ0v) is 11.7. The Morgan fingerprint density at radius 1 is 1.59 bits per heavy atom. The van der Waals surface area contributed by atoms with Gasteiger partial charge in [0.15, 0.2) is 0 Å². The third-order valence-corrected chi connectivity index (χ3v) is 4.40. The highest BCUT2D eigenvalue weighted by Crippen LogP contribution is 2.19. The molecule has 1 heterocycles. The van der Waals surface area contributed by atoms with Crippen LogP contribution < -0.4 is 10.5 Å². The third kappa shape index (κ3) is 4.34. The molecule has 0 aliphatic carbocycles. The number of nitrogen functional groups attached to an aromatic ring is 1. The number of aromatic nitrogens is 1. The van der Waals surface area contributed by atoms with E-state index in [1.54, 1.807) is 11.8 Å². The molecule has 5 nitrogen and oxygen atoms in total. The first-order valence-electron chi connectivity index (χ1n) is 4.87. The number of nitrogens with zero attached hydrogens (tertiary/aromatic N) is 1. The van der Waals surface area contributed by atoms with Crippen LogP contribution in [0.15, 0.2) is 17.2 Å². The molecule has 0 fully saturated rings. The zero-order chi connectivity index (χ0) is 12.9. The zero-order valence-electron chi connectivity index (χ0n) is 9.31. The maximum absolute atomic E-state index is 11.8. The second-order valence-corrected chi connectivity index (χ2v) is 6.44. The molecule has 0 aromatic carbocycles. The molecule has 0 aliphatic heterocycles. The Balaban J connectivity index is 2.72. The van der Waals surface area contributed by atoms with E-state index in [2.05, 4.69) is 9.71 Å². The monoisotopic (exact) mass is 295 g/mol. The van der Waals surface area contributed by atoms with Crippen molar-refractivity contribution >= 4 is 39.2 Å². The number of nitrogens with one attached hydrogen (secondary N) is 1. The fourth-order valence-electron chi connectivity index (χ4n) is 1.08. The van der Waals surface area contributed by atoms with Crippen LogP contribution in [-0.4, -0.2) is 32.0 Å². The molecule has 17 heavy (non-hydrogen) atoms. The van der Waals surface area contributed by atoms with Crippen molar-refractivity contribution in [1.82, 2.24) is 9.71 Å². The van der Waals surface area contributed by atoms with E-state index in [1.165, 1.54) is 12.3 Å². The molecule has 0 radical (unpaired) electrons. The summed E-state index contributed by atoms with van der Waals surface area (Å²) >= 11 is 7.39.